The molecule has 0 unspecified atom stereocenters. The fourth-order valence-corrected chi connectivity index (χ4v) is 1.81. The lowest BCUT2D eigenvalue weighted by Gasteiger charge is -2.10. The molecule has 0 atom stereocenters. The molecule has 1 heterocycles. The molecule has 0 amide bonds. The molecule has 17 heavy (non-hydrogen) atoms. The van der Waals surface area contributed by atoms with Gasteiger partial charge >= 0.3 is 0 Å². The number of nitrogens with zero attached hydrogens (tertiary/aromatic N) is 1. The van der Waals surface area contributed by atoms with E-state index in [2.05, 4.69) is 26.2 Å². The lowest BCUT2D eigenvalue weighted by molar-refractivity contribution is 1.28. The minimum absolute atomic E-state index is 0.640. The van der Waals surface area contributed by atoms with Gasteiger partial charge in [-0.1, -0.05) is 11.6 Å². The first-order chi connectivity index (χ1) is 8.08. The van der Waals surface area contributed by atoms with E-state index in [0.29, 0.717) is 16.5 Å². The van der Waals surface area contributed by atoms with Gasteiger partial charge in [-0.25, -0.2) is 4.98 Å². The van der Waals surface area contributed by atoms with Gasteiger partial charge in [0, 0.05) is 16.4 Å². The minimum atomic E-state index is 0.640. The molecule has 2 rings (SSSR count). The molecule has 1 aromatic heterocycles. The second-order valence-electron chi connectivity index (χ2n) is 3.64. The molecule has 0 aliphatic carbocycles. The predicted molar refractivity (Wildman–Crippen MR) is 75.8 cm³/mol. The summed E-state index contributed by atoms with van der Waals surface area (Å²) >= 11 is 9.35. The van der Waals surface area contributed by atoms with E-state index in [-0.39, 0.29) is 0 Å². The van der Waals surface area contributed by atoms with Crippen LogP contribution in [0.25, 0.3) is 0 Å². The molecule has 3 nitrogen and oxygen atoms in total. The maximum Gasteiger partial charge on any atom is 0.153 e. The number of aryl methyl sites for hydroxylation is 1. The van der Waals surface area contributed by atoms with Crippen molar-refractivity contribution in [1.29, 1.82) is 0 Å². The van der Waals surface area contributed by atoms with Gasteiger partial charge in [0.15, 0.2) is 5.82 Å². The van der Waals surface area contributed by atoms with Crippen molar-refractivity contribution < 1.29 is 0 Å². The summed E-state index contributed by atoms with van der Waals surface area (Å²) in [6.45, 7) is 1.94. The Labute approximate surface area is 113 Å². The number of hydrogen-bond acceptors (Lipinski definition) is 3. The van der Waals surface area contributed by atoms with Crippen molar-refractivity contribution in [3.8, 4) is 0 Å². The molecular weight excluding hydrogens is 302 g/mol. The molecule has 88 valence electrons. The Bertz CT molecular complexity index is 557. The smallest absolute Gasteiger partial charge is 0.153 e. The Balaban J connectivity index is 2.31. The Hall–Kier alpha value is -1.26. The average Bonchev–Trinajstić information content (AvgIpc) is 2.30. The van der Waals surface area contributed by atoms with Crippen LogP contribution in [0.15, 0.2) is 34.9 Å². The Morgan fingerprint density at radius 3 is 2.82 bits per heavy atom. The van der Waals surface area contributed by atoms with Gasteiger partial charge in [-0.2, -0.15) is 0 Å². The second-order valence-corrected chi connectivity index (χ2v) is 4.91. The maximum atomic E-state index is 6.01. The fourth-order valence-electron chi connectivity index (χ4n) is 1.38. The zero-order valence-electron chi connectivity index (χ0n) is 9.17. The molecule has 0 aliphatic heterocycles. The molecule has 0 spiro atoms. The highest BCUT2D eigenvalue weighted by atomic mass is 79.9. The molecule has 0 saturated heterocycles. The first kappa shape index (κ1) is 12.2. The maximum absolute atomic E-state index is 6.01. The van der Waals surface area contributed by atoms with E-state index in [1.165, 1.54) is 0 Å². The van der Waals surface area contributed by atoms with Gasteiger partial charge in [0.25, 0.3) is 0 Å². The second kappa shape index (κ2) is 4.94. The third kappa shape index (κ3) is 2.70. The van der Waals surface area contributed by atoms with Crippen LogP contribution in [0.4, 0.5) is 17.2 Å². The number of aromatic nitrogens is 1. The molecule has 1 aromatic carbocycles. The summed E-state index contributed by atoms with van der Waals surface area (Å²) in [5, 5.41) is 3.78. The quantitative estimate of drug-likeness (QED) is 0.876. The van der Waals surface area contributed by atoms with Crippen LogP contribution in [-0.2, 0) is 0 Å². The molecule has 0 bridgehead atoms. The number of anilines is 3. The zero-order chi connectivity index (χ0) is 12.4. The third-order valence-corrected chi connectivity index (χ3v) is 3.62. The largest absolute Gasteiger partial charge is 0.396 e. The van der Waals surface area contributed by atoms with Crippen LogP contribution in [0.2, 0.25) is 5.02 Å². The van der Waals surface area contributed by atoms with Crippen LogP contribution in [0.3, 0.4) is 0 Å². The summed E-state index contributed by atoms with van der Waals surface area (Å²) in [5.41, 5.74) is 8.42. The number of nitrogen functional groups attached to an aromatic ring is 1. The first-order valence-corrected chi connectivity index (χ1v) is 6.18. The van der Waals surface area contributed by atoms with E-state index in [1.807, 2.05) is 31.2 Å². The summed E-state index contributed by atoms with van der Waals surface area (Å²) < 4.78 is 0.856. The Morgan fingerprint density at radius 2 is 2.12 bits per heavy atom. The molecule has 0 fully saturated rings. The van der Waals surface area contributed by atoms with Crippen molar-refractivity contribution in [3.63, 3.8) is 0 Å². The van der Waals surface area contributed by atoms with Crippen molar-refractivity contribution >= 4 is 44.7 Å². The van der Waals surface area contributed by atoms with Crippen LogP contribution in [0.1, 0.15) is 5.56 Å². The molecule has 5 heteroatoms. The van der Waals surface area contributed by atoms with E-state index < -0.39 is 0 Å². The lowest BCUT2D eigenvalue weighted by Crippen LogP contribution is -2.00. The highest BCUT2D eigenvalue weighted by molar-refractivity contribution is 9.10. The van der Waals surface area contributed by atoms with E-state index in [0.717, 1.165) is 15.7 Å². The molecule has 0 saturated carbocycles. The average molecular weight is 313 g/mol. The molecular formula is C12H11BrClN3. The summed E-state index contributed by atoms with van der Waals surface area (Å²) in [4.78, 5) is 4.20. The van der Waals surface area contributed by atoms with E-state index in [4.69, 9.17) is 17.3 Å². The number of halogens is 2. The number of nitrogens with two attached hydrogens (primary N) is 1. The monoisotopic (exact) mass is 311 g/mol. The SMILES string of the molecule is Cc1ccnc(Nc2ccc(Br)c(Cl)c2)c1N. The zero-order valence-corrected chi connectivity index (χ0v) is 11.5. The van der Waals surface area contributed by atoms with E-state index >= 15 is 0 Å². The van der Waals surface area contributed by atoms with Crippen molar-refractivity contribution in [2.24, 2.45) is 0 Å². The van der Waals surface area contributed by atoms with Crippen LogP contribution in [0, 0.1) is 6.92 Å². The first-order valence-electron chi connectivity index (χ1n) is 5.01. The molecule has 3 N–H and O–H groups in total. The van der Waals surface area contributed by atoms with E-state index in [1.54, 1.807) is 6.20 Å². The Morgan fingerprint density at radius 1 is 1.35 bits per heavy atom. The summed E-state index contributed by atoms with van der Waals surface area (Å²) in [6, 6.07) is 7.46. The number of hydrogen-bond donors (Lipinski definition) is 2. The van der Waals surface area contributed by atoms with Crippen molar-refractivity contribution in [2.75, 3.05) is 11.1 Å². The van der Waals surface area contributed by atoms with Crippen molar-refractivity contribution in [2.45, 2.75) is 6.92 Å². The Kier molecular flexibility index (Phi) is 3.54. The van der Waals surface area contributed by atoms with Crippen molar-refractivity contribution in [1.82, 2.24) is 4.98 Å². The summed E-state index contributed by atoms with van der Waals surface area (Å²) in [6.07, 6.45) is 1.72. The summed E-state index contributed by atoms with van der Waals surface area (Å²) in [5.74, 6) is 0.642. The number of benzene rings is 1. The van der Waals surface area contributed by atoms with Crippen LogP contribution in [0.5, 0.6) is 0 Å². The standard InChI is InChI=1S/C12H11BrClN3/c1-7-4-5-16-12(11(7)15)17-8-2-3-9(13)10(14)6-8/h2-6H,15H2,1H3,(H,16,17). The van der Waals surface area contributed by atoms with Gasteiger partial charge in [0.05, 0.1) is 10.7 Å². The number of pyridine rings is 1. The molecule has 0 radical (unpaired) electrons. The van der Waals surface area contributed by atoms with Gasteiger partial charge in [0.1, 0.15) is 0 Å². The third-order valence-electron chi connectivity index (χ3n) is 2.39. The topological polar surface area (TPSA) is 50.9 Å². The van der Waals surface area contributed by atoms with Gasteiger partial charge in [-0.15, -0.1) is 0 Å². The van der Waals surface area contributed by atoms with Crippen LogP contribution >= 0.6 is 27.5 Å². The van der Waals surface area contributed by atoms with Crippen LogP contribution < -0.4 is 11.1 Å². The van der Waals surface area contributed by atoms with E-state index in [9.17, 15) is 0 Å². The van der Waals surface area contributed by atoms with Gasteiger partial charge in [-0.3, -0.25) is 0 Å². The van der Waals surface area contributed by atoms with Crippen molar-refractivity contribution in [3.05, 3.63) is 45.5 Å². The predicted octanol–water partition coefficient (Wildman–Crippen LogP) is 4.13. The summed E-state index contributed by atoms with van der Waals surface area (Å²) in [7, 11) is 0. The highest BCUT2D eigenvalue weighted by Gasteiger charge is 2.04. The number of nitrogens with one attached hydrogen (secondary N) is 1. The lowest BCUT2D eigenvalue weighted by atomic mass is 10.2. The van der Waals surface area contributed by atoms with Crippen LogP contribution in [-0.4, -0.2) is 4.98 Å². The normalized spacial score (nSPS) is 10.3. The van der Waals surface area contributed by atoms with Gasteiger partial charge in [-0.05, 0) is 52.7 Å². The fraction of sp³-hybridized carbons (Fsp3) is 0.0833. The molecule has 2 aromatic rings. The van der Waals surface area contributed by atoms with Gasteiger partial charge < -0.3 is 11.1 Å². The highest BCUT2D eigenvalue weighted by Crippen LogP contribution is 2.28. The minimum Gasteiger partial charge on any atom is -0.396 e. The molecule has 0 aliphatic rings. The van der Waals surface area contributed by atoms with Gasteiger partial charge in [0.2, 0.25) is 0 Å². The number of rotatable bonds is 2.